The maximum absolute atomic E-state index is 13.8. The van der Waals surface area contributed by atoms with Crippen molar-refractivity contribution in [2.75, 3.05) is 13.7 Å². The van der Waals surface area contributed by atoms with Crippen LogP contribution in [-0.2, 0) is 9.53 Å². The molecule has 2 aromatic carbocycles. The van der Waals surface area contributed by atoms with E-state index in [-0.39, 0.29) is 12.5 Å². The molecule has 31 heavy (non-hydrogen) atoms. The standard InChI is InChI=1S/C26H33FO4/c1-3-4-5-25(27)26(28)31-24-12-6-19(7-13-24)18-30-23-16-10-21(11-17-23)20-8-14-22(29-2)15-9-20/h8-11,14-17,19,24-25H,3-7,12-13,18H2,1-2H3/t19-,24-,25-/m0/s1. The highest BCUT2D eigenvalue weighted by molar-refractivity contribution is 5.74. The van der Waals surface area contributed by atoms with Crippen LogP contribution in [0.2, 0.25) is 0 Å². The highest BCUT2D eigenvalue weighted by Crippen LogP contribution is 2.29. The van der Waals surface area contributed by atoms with Crippen molar-refractivity contribution >= 4 is 5.97 Å². The lowest BCUT2D eigenvalue weighted by molar-refractivity contribution is -0.157. The average molecular weight is 429 g/mol. The molecule has 168 valence electrons. The number of unbranched alkanes of at least 4 members (excludes halogenated alkanes) is 1. The second kappa shape index (κ2) is 11.7. The molecule has 5 heteroatoms. The molecule has 0 saturated heterocycles. The van der Waals surface area contributed by atoms with Crippen molar-refractivity contribution in [3.05, 3.63) is 48.5 Å². The third-order valence-electron chi connectivity index (χ3n) is 5.91. The largest absolute Gasteiger partial charge is 0.497 e. The summed E-state index contributed by atoms with van der Waals surface area (Å²) >= 11 is 0. The Morgan fingerprint density at radius 3 is 2.10 bits per heavy atom. The summed E-state index contributed by atoms with van der Waals surface area (Å²) in [5, 5.41) is 0. The van der Waals surface area contributed by atoms with E-state index in [4.69, 9.17) is 14.2 Å². The van der Waals surface area contributed by atoms with Crippen LogP contribution in [0, 0.1) is 5.92 Å². The number of benzene rings is 2. The predicted octanol–water partition coefficient (Wildman–Crippen LogP) is 6.37. The highest BCUT2D eigenvalue weighted by Gasteiger charge is 2.27. The van der Waals surface area contributed by atoms with E-state index >= 15 is 0 Å². The topological polar surface area (TPSA) is 44.8 Å². The number of methoxy groups -OCH3 is 1. The lowest BCUT2D eigenvalue weighted by Gasteiger charge is -2.28. The molecule has 3 rings (SSSR count). The zero-order chi connectivity index (χ0) is 22.1. The van der Waals surface area contributed by atoms with Gasteiger partial charge in [-0.15, -0.1) is 0 Å². The van der Waals surface area contributed by atoms with Crippen molar-refractivity contribution in [3.63, 3.8) is 0 Å². The lowest BCUT2D eigenvalue weighted by atomic mass is 9.88. The lowest BCUT2D eigenvalue weighted by Crippen LogP contribution is -2.30. The first-order valence-corrected chi connectivity index (χ1v) is 11.3. The van der Waals surface area contributed by atoms with E-state index in [0.717, 1.165) is 54.7 Å². The smallest absolute Gasteiger partial charge is 0.340 e. The van der Waals surface area contributed by atoms with Crippen LogP contribution in [-0.4, -0.2) is 32.0 Å². The minimum Gasteiger partial charge on any atom is -0.497 e. The van der Waals surface area contributed by atoms with Crippen molar-refractivity contribution in [1.82, 2.24) is 0 Å². The van der Waals surface area contributed by atoms with Gasteiger partial charge in [-0.25, -0.2) is 9.18 Å². The van der Waals surface area contributed by atoms with Gasteiger partial charge in [0.2, 0.25) is 0 Å². The van der Waals surface area contributed by atoms with Gasteiger partial charge in [0.05, 0.1) is 13.7 Å². The normalized spacial score (nSPS) is 19.5. The van der Waals surface area contributed by atoms with Gasteiger partial charge >= 0.3 is 5.97 Å². The van der Waals surface area contributed by atoms with E-state index in [2.05, 4.69) is 12.1 Å². The van der Waals surface area contributed by atoms with E-state index in [1.807, 2.05) is 43.3 Å². The number of halogens is 1. The number of hydrogen-bond donors (Lipinski definition) is 0. The number of carbonyl (C=O) groups excluding carboxylic acids is 1. The molecule has 4 nitrogen and oxygen atoms in total. The molecule has 2 aromatic rings. The second-order valence-electron chi connectivity index (χ2n) is 8.25. The van der Waals surface area contributed by atoms with Gasteiger partial charge in [-0.3, -0.25) is 0 Å². The SMILES string of the molecule is CCCC[C@H](F)C(=O)O[C@H]1CC[C@H](COc2ccc(-c3ccc(OC)cc3)cc2)CC1. The summed E-state index contributed by atoms with van der Waals surface area (Å²) in [5.41, 5.74) is 2.26. The van der Waals surface area contributed by atoms with Gasteiger partial charge in [-0.2, -0.15) is 0 Å². The predicted molar refractivity (Wildman–Crippen MR) is 120 cm³/mol. The Balaban J connectivity index is 1.39. The van der Waals surface area contributed by atoms with E-state index in [1.165, 1.54) is 0 Å². The quantitative estimate of drug-likeness (QED) is 0.412. The number of ether oxygens (including phenoxy) is 3. The summed E-state index contributed by atoms with van der Waals surface area (Å²) in [7, 11) is 1.66. The summed E-state index contributed by atoms with van der Waals surface area (Å²) in [5.74, 6) is 1.43. The van der Waals surface area contributed by atoms with Crippen LogP contribution < -0.4 is 9.47 Å². The fourth-order valence-corrected chi connectivity index (χ4v) is 3.90. The van der Waals surface area contributed by atoms with Crippen molar-refractivity contribution in [1.29, 1.82) is 0 Å². The second-order valence-corrected chi connectivity index (χ2v) is 8.25. The third-order valence-corrected chi connectivity index (χ3v) is 5.91. The monoisotopic (exact) mass is 428 g/mol. The fourth-order valence-electron chi connectivity index (χ4n) is 3.90. The van der Waals surface area contributed by atoms with Crippen molar-refractivity contribution < 1.29 is 23.4 Å². The van der Waals surface area contributed by atoms with E-state index in [9.17, 15) is 9.18 Å². The van der Waals surface area contributed by atoms with Gasteiger partial charge in [0.25, 0.3) is 0 Å². The Labute approximate surface area is 184 Å². The molecule has 0 unspecified atom stereocenters. The Morgan fingerprint density at radius 1 is 0.968 bits per heavy atom. The molecular formula is C26H33FO4. The van der Waals surface area contributed by atoms with Gasteiger partial charge in [-0.05, 0) is 73.4 Å². The Hall–Kier alpha value is -2.56. The highest BCUT2D eigenvalue weighted by atomic mass is 19.1. The van der Waals surface area contributed by atoms with Crippen LogP contribution >= 0.6 is 0 Å². The molecule has 0 heterocycles. The number of carbonyl (C=O) groups is 1. The van der Waals surface area contributed by atoms with Crippen molar-refractivity contribution in [3.8, 4) is 22.6 Å². The van der Waals surface area contributed by atoms with E-state index in [0.29, 0.717) is 18.9 Å². The molecule has 0 amide bonds. The van der Waals surface area contributed by atoms with Crippen LogP contribution in [0.3, 0.4) is 0 Å². The Morgan fingerprint density at radius 2 is 1.55 bits per heavy atom. The molecule has 0 spiro atoms. The molecule has 0 bridgehead atoms. The third kappa shape index (κ3) is 6.98. The molecule has 0 radical (unpaired) electrons. The maximum atomic E-state index is 13.8. The minimum atomic E-state index is -1.48. The van der Waals surface area contributed by atoms with Crippen LogP contribution in [0.25, 0.3) is 11.1 Å². The first kappa shape index (κ1) is 23.1. The summed E-state index contributed by atoms with van der Waals surface area (Å²) in [6, 6.07) is 16.1. The van der Waals surface area contributed by atoms with Crippen LogP contribution in [0.5, 0.6) is 11.5 Å². The number of esters is 1. The Kier molecular flexibility index (Phi) is 8.74. The van der Waals surface area contributed by atoms with E-state index < -0.39 is 12.1 Å². The number of rotatable bonds is 10. The average Bonchev–Trinajstić information content (AvgIpc) is 2.82. The molecule has 1 aliphatic carbocycles. The van der Waals surface area contributed by atoms with Gasteiger partial charge in [-0.1, -0.05) is 44.0 Å². The van der Waals surface area contributed by atoms with Crippen LogP contribution in [0.1, 0.15) is 51.9 Å². The van der Waals surface area contributed by atoms with Crippen LogP contribution in [0.4, 0.5) is 4.39 Å². The van der Waals surface area contributed by atoms with Gasteiger partial charge < -0.3 is 14.2 Å². The molecule has 1 aliphatic rings. The molecule has 0 aromatic heterocycles. The molecule has 1 saturated carbocycles. The van der Waals surface area contributed by atoms with Crippen molar-refractivity contribution in [2.24, 2.45) is 5.92 Å². The molecular weight excluding hydrogens is 395 g/mol. The Bertz CT molecular complexity index is 795. The van der Waals surface area contributed by atoms with Gasteiger partial charge in [0.1, 0.15) is 17.6 Å². The first-order valence-electron chi connectivity index (χ1n) is 11.3. The molecule has 0 N–H and O–H groups in total. The zero-order valence-electron chi connectivity index (χ0n) is 18.5. The zero-order valence-corrected chi connectivity index (χ0v) is 18.5. The molecule has 0 aliphatic heterocycles. The number of alkyl halides is 1. The molecule has 1 fully saturated rings. The fraction of sp³-hybridized carbons (Fsp3) is 0.500. The summed E-state index contributed by atoms with van der Waals surface area (Å²) in [6.45, 7) is 2.63. The first-order chi connectivity index (χ1) is 15.1. The summed E-state index contributed by atoms with van der Waals surface area (Å²) < 4.78 is 30.3. The maximum Gasteiger partial charge on any atom is 0.340 e. The van der Waals surface area contributed by atoms with E-state index in [1.54, 1.807) is 7.11 Å². The van der Waals surface area contributed by atoms with Gasteiger partial charge in [0.15, 0.2) is 6.17 Å². The summed E-state index contributed by atoms with van der Waals surface area (Å²) in [6.07, 6.45) is 3.60. The van der Waals surface area contributed by atoms with Crippen molar-refractivity contribution in [2.45, 2.75) is 64.1 Å². The summed E-state index contributed by atoms with van der Waals surface area (Å²) in [4.78, 5) is 11.8. The molecule has 1 atom stereocenters. The minimum absolute atomic E-state index is 0.160. The van der Waals surface area contributed by atoms with Crippen LogP contribution in [0.15, 0.2) is 48.5 Å². The van der Waals surface area contributed by atoms with Gasteiger partial charge in [0, 0.05) is 0 Å². The number of hydrogen-bond acceptors (Lipinski definition) is 4.